The zero-order valence-corrected chi connectivity index (χ0v) is 28.3. The highest BCUT2D eigenvalue weighted by Crippen LogP contribution is 2.47. The summed E-state index contributed by atoms with van der Waals surface area (Å²) >= 11 is 0. The van der Waals surface area contributed by atoms with E-state index in [9.17, 15) is 14.3 Å². The van der Waals surface area contributed by atoms with Crippen LogP contribution < -0.4 is 9.64 Å². The van der Waals surface area contributed by atoms with Crippen LogP contribution in [0.3, 0.4) is 0 Å². The fourth-order valence-electron chi connectivity index (χ4n) is 9.47. The minimum absolute atomic E-state index is 0.0199. The van der Waals surface area contributed by atoms with Crippen molar-refractivity contribution in [3.05, 3.63) is 53.3 Å². The number of furan rings is 1. The number of halogens is 3. The fraction of sp³-hybridized carbons (Fsp3) is 0.410. The van der Waals surface area contributed by atoms with Gasteiger partial charge >= 0.3 is 6.01 Å². The number of aryl methyl sites for hydroxylation is 1. The van der Waals surface area contributed by atoms with E-state index in [1.165, 1.54) is 24.3 Å². The molecule has 6 heterocycles. The quantitative estimate of drug-likeness (QED) is 0.205. The predicted molar refractivity (Wildman–Crippen MR) is 187 cm³/mol. The number of hydrogen-bond acceptors (Lipinski definition) is 8. The third kappa shape index (κ3) is 4.84. The van der Waals surface area contributed by atoms with Gasteiger partial charge in [-0.2, -0.15) is 9.97 Å². The Morgan fingerprint density at radius 1 is 1.14 bits per heavy atom. The Morgan fingerprint density at radius 3 is 2.67 bits per heavy atom. The first kappa shape index (κ1) is 31.9. The maximum Gasteiger partial charge on any atom is 0.319 e. The third-order valence-electron chi connectivity index (χ3n) is 11.5. The minimum atomic E-state index is -0.956. The summed E-state index contributed by atoms with van der Waals surface area (Å²) in [5.74, 6) is 1.75. The number of rotatable bonds is 5. The van der Waals surface area contributed by atoms with Crippen LogP contribution in [0.4, 0.5) is 19.0 Å². The third-order valence-corrected chi connectivity index (χ3v) is 11.5. The van der Waals surface area contributed by atoms with Gasteiger partial charge in [0, 0.05) is 61.4 Å². The summed E-state index contributed by atoms with van der Waals surface area (Å²) in [5.41, 5.74) is -0.343. The molecule has 4 aliphatic heterocycles. The highest BCUT2D eigenvalue weighted by molar-refractivity contribution is 6.18. The first-order valence-electron chi connectivity index (χ1n) is 17.5. The fourth-order valence-corrected chi connectivity index (χ4v) is 9.47. The van der Waals surface area contributed by atoms with Crippen molar-refractivity contribution >= 4 is 44.4 Å². The van der Waals surface area contributed by atoms with Crippen LogP contribution in [-0.2, 0) is 4.79 Å². The molecule has 12 heteroatoms. The number of phenolic OH excluding ortho intramolecular Hbond substituents is 1. The van der Waals surface area contributed by atoms with Crippen LogP contribution in [-0.4, -0.2) is 87.4 Å². The number of carbonyl (C=O) groups is 1. The molecule has 4 atom stereocenters. The molecule has 1 N–H and O–H groups in total. The van der Waals surface area contributed by atoms with Gasteiger partial charge in [-0.15, -0.1) is 6.42 Å². The van der Waals surface area contributed by atoms with E-state index in [2.05, 4.69) is 15.7 Å². The molecule has 2 bridgehead atoms. The van der Waals surface area contributed by atoms with Crippen LogP contribution >= 0.6 is 0 Å². The second kappa shape index (κ2) is 11.5. The molecule has 2 aromatic heterocycles. The van der Waals surface area contributed by atoms with Gasteiger partial charge in [0.05, 0.1) is 22.1 Å². The minimum Gasteiger partial charge on any atom is -0.508 e. The van der Waals surface area contributed by atoms with Crippen LogP contribution in [0.15, 0.2) is 34.7 Å². The van der Waals surface area contributed by atoms with Crippen molar-refractivity contribution in [2.24, 2.45) is 0 Å². The molecule has 2 unspecified atom stereocenters. The van der Waals surface area contributed by atoms with E-state index in [4.69, 9.17) is 25.5 Å². The molecule has 0 spiro atoms. The maximum absolute atomic E-state index is 17.6. The largest absolute Gasteiger partial charge is 0.508 e. The van der Waals surface area contributed by atoms with Crippen molar-refractivity contribution in [2.75, 3.05) is 37.7 Å². The van der Waals surface area contributed by atoms with Gasteiger partial charge < -0.3 is 24.1 Å². The topological polar surface area (TPSA) is 95.2 Å². The van der Waals surface area contributed by atoms with E-state index in [1.807, 2.05) is 4.90 Å². The average Bonchev–Trinajstić information content (AvgIpc) is 3.82. The molecule has 0 radical (unpaired) electrons. The van der Waals surface area contributed by atoms with Crippen LogP contribution in [0.1, 0.15) is 50.4 Å². The van der Waals surface area contributed by atoms with Crippen molar-refractivity contribution in [3.8, 4) is 35.2 Å². The molecule has 51 heavy (non-hydrogen) atoms. The number of ether oxygens (including phenoxy) is 1. The number of carbonyl (C=O) groups excluding carboxylic acids is 1. The van der Waals surface area contributed by atoms with E-state index < -0.39 is 23.3 Å². The Bertz CT molecular complexity index is 2320. The van der Waals surface area contributed by atoms with Gasteiger partial charge in [-0.1, -0.05) is 12.0 Å². The number of aromatic hydroxyl groups is 1. The summed E-state index contributed by atoms with van der Waals surface area (Å²) in [7, 11) is 0. The van der Waals surface area contributed by atoms with E-state index in [-0.39, 0.29) is 69.5 Å². The molecule has 4 saturated heterocycles. The number of terminal acetylenes is 1. The van der Waals surface area contributed by atoms with E-state index >= 15 is 8.78 Å². The van der Waals surface area contributed by atoms with Crippen molar-refractivity contribution in [3.63, 3.8) is 0 Å². The van der Waals surface area contributed by atoms with Crippen LogP contribution in [0.2, 0.25) is 0 Å². The molecule has 4 aliphatic rings. The van der Waals surface area contributed by atoms with Gasteiger partial charge in [0.2, 0.25) is 5.91 Å². The van der Waals surface area contributed by atoms with Crippen LogP contribution in [0, 0.1) is 30.9 Å². The van der Waals surface area contributed by atoms with Gasteiger partial charge in [0.1, 0.15) is 47.0 Å². The second-order valence-corrected chi connectivity index (χ2v) is 14.6. The number of piperazine rings is 1. The lowest BCUT2D eigenvalue weighted by atomic mass is 9.91. The average molecular weight is 696 g/mol. The molecule has 1 amide bonds. The standard InChI is InChI=1S/C39H36F3N5O4/c1-4-27-30(41)9-6-22-13-26(49)14-28(31(22)27)32-34(42)35-33(29-12-20(2)51-36(29)32)37(45-17-24-7-8-25(18-45)47(24)21(3)48)44-38(43-35)50-19-39-10-5-11-46(39)16-23(40)15-39/h1,6,9,12-14,23-25,49H,5,7-8,10-11,15-19H2,2-3H3/t23-,24?,25?,39+/m1/s1. The second-order valence-electron chi connectivity index (χ2n) is 14.6. The van der Waals surface area contributed by atoms with Crippen LogP contribution in [0.5, 0.6) is 11.8 Å². The van der Waals surface area contributed by atoms with Gasteiger partial charge in [0.25, 0.3) is 0 Å². The number of fused-ring (bicyclic) bond motifs is 7. The number of nitrogens with zero attached hydrogens (tertiary/aromatic N) is 5. The molecule has 4 fully saturated rings. The Morgan fingerprint density at radius 2 is 1.92 bits per heavy atom. The molecule has 9 nitrogen and oxygen atoms in total. The smallest absolute Gasteiger partial charge is 0.319 e. The number of phenols is 1. The summed E-state index contributed by atoms with van der Waals surface area (Å²) in [6.07, 6.45) is 8.56. The lowest BCUT2D eigenvalue weighted by molar-refractivity contribution is -0.132. The van der Waals surface area contributed by atoms with Crippen LogP contribution in [0.25, 0.3) is 43.8 Å². The first-order valence-corrected chi connectivity index (χ1v) is 17.5. The number of amides is 1. The number of benzene rings is 3. The molecule has 262 valence electrons. The lowest BCUT2D eigenvalue weighted by Crippen LogP contribution is -2.55. The normalized spacial score (nSPS) is 24.6. The first-order chi connectivity index (χ1) is 24.5. The SMILES string of the molecule is C#Cc1c(F)ccc2cc(O)cc(-c3c(F)c4nc(OC[C@@]56CCCN5C[C@H](F)C6)nc(N5CC6CCC(C5)N6C(C)=O)c4c4cc(C)oc34)c12. The maximum atomic E-state index is 17.6. The predicted octanol–water partition coefficient (Wildman–Crippen LogP) is 6.62. The number of aromatic nitrogens is 2. The van der Waals surface area contributed by atoms with Crippen molar-refractivity contribution in [2.45, 2.75) is 69.7 Å². The summed E-state index contributed by atoms with van der Waals surface area (Å²) in [5, 5.41) is 12.4. The van der Waals surface area contributed by atoms with Gasteiger partial charge in [-0.3, -0.25) is 9.69 Å². The number of hydrogen-bond donors (Lipinski definition) is 1. The Labute approximate surface area is 292 Å². The molecule has 5 aromatic rings. The molecule has 0 saturated carbocycles. The van der Waals surface area contributed by atoms with Crippen molar-refractivity contribution in [1.82, 2.24) is 19.8 Å². The van der Waals surface area contributed by atoms with Crippen molar-refractivity contribution < 1.29 is 32.2 Å². The summed E-state index contributed by atoms with van der Waals surface area (Å²) in [6, 6.07) is 7.15. The molecule has 3 aromatic carbocycles. The molecule has 0 aliphatic carbocycles. The number of alkyl halides is 1. The van der Waals surface area contributed by atoms with Gasteiger partial charge in [-0.05, 0) is 68.8 Å². The Balaban J connectivity index is 1.28. The van der Waals surface area contributed by atoms with Crippen molar-refractivity contribution in [1.29, 1.82) is 0 Å². The Kier molecular flexibility index (Phi) is 7.20. The molecular weight excluding hydrogens is 659 g/mol. The Hall–Kier alpha value is -5.02. The van der Waals surface area contributed by atoms with E-state index in [0.717, 1.165) is 32.2 Å². The summed E-state index contributed by atoms with van der Waals surface area (Å²) < 4.78 is 60.0. The van der Waals surface area contributed by atoms with Gasteiger partial charge in [-0.25, -0.2) is 13.2 Å². The van der Waals surface area contributed by atoms with E-state index in [1.54, 1.807) is 19.9 Å². The summed E-state index contributed by atoms with van der Waals surface area (Å²) in [6.45, 7) is 5.57. The lowest BCUT2D eigenvalue weighted by Gasteiger charge is -2.41. The molecule has 9 rings (SSSR count). The monoisotopic (exact) mass is 695 g/mol. The molecular formula is C39H36F3N5O4. The van der Waals surface area contributed by atoms with E-state index in [0.29, 0.717) is 53.8 Å². The zero-order chi connectivity index (χ0) is 35.3. The highest BCUT2D eigenvalue weighted by atomic mass is 19.1. The zero-order valence-electron chi connectivity index (χ0n) is 28.3. The van der Waals surface area contributed by atoms with Gasteiger partial charge in [0.15, 0.2) is 5.82 Å². The number of anilines is 1. The highest BCUT2D eigenvalue weighted by Gasteiger charge is 2.49. The summed E-state index contributed by atoms with van der Waals surface area (Å²) in [4.78, 5) is 28.4.